The summed E-state index contributed by atoms with van der Waals surface area (Å²) in [6.45, 7) is 3.58. The molecule has 2 saturated heterocycles. The van der Waals surface area contributed by atoms with Crippen LogP contribution in [0.25, 0.3) is 0 Å². The maximum Gasteiger partial charge on any atom is 0.328 e. The predicted octanol–water partition coefficient (Wildman–Crippen LogP) is 1.02. The Hall–Kier alpha value is -1.83. The zero-order valence-corrected chi connectivity index (χ0v) is 16.7. The number of urea groups is 1. The van der Waals surface area contributed by atoms with E-state index in [4.69, 9.17) is 10.7 Å². The summed E-state index contributed by atoms with van der Waals surface area (Å²) >= 11 is 0. The summed E-state index contributed by atoms with van der Waals surface area (Å²) in [6.07, 6.45) is 7.79. The first-order valence-corrected chi connectivity index (χ1v) is 10.3. The number of piperidine rings is 1. The summed E-state index contributed by atoms with van der Waals surface area (Å²) in [7, 11) is 3.33. The number of hydrogen-bond donors (Lipinski definition) is 1. The number of guanidine groups is 1. The van der Waals surface area contributed by atoms with Crippen molar-refractivity contribution in [2.45, 2.75) is 75.7 Å². The molecule has 1 aliphatic carbocycles. The van der Waals surface area contributed by atoms with Crippen LogP contribution in [0.5, 0.6) is 0 Å². The van der Waals surface area contributed by atoms with E-state index in [9.17, 15) is 9.59 Å². The maximum atomic E-state index is 13.2. The molecule has 3 amide bonds. The molecule has 0 radical (unpaired) electrons. The Bertz CT molecular complexity index is 661. The molecule has 150 valence electrons. The number of hydrogen-bond acceptors (Lipinski definition) is 6. The van der Waals surface area contributed by atoms with Gasteiger partial charge in [-0.1, -0.05) is 19.3 Å². The number of nitrogens with zero attached hydrogens (tertiary/aromatic N) is 5. The molecule has 0 aromatic rings. The summed E-state index contributed by atoms with van der Waals surface area (Å²) in [5.74, 6) is 0.721. The number of nitrogens with two attached hydrogens (primary N) is 1. The molecule has 3 heterocycles. The third-order valence-electron chi connectivity index (χ3n) is 6.88. The molecule has 0 spiro atoms. The molecular weight excluding hydrogens is 344 g/mol. The number of amides is 3. The lowest BCUT2D eigenvalue weighted by molar-refractivity contribution is -0.140. The second-order valence-corrected chi connectivity index (χ2v) is 8.69. The molecular formula is C19H32N6O2. The van der Waals surface area contributed by atoms with Crippen LogP contribution in [0.2, 0.25) is 0 Å². The molecule has 0 aromatic carbocycles. The van der Waals surface area contributed by atoms with Gasteiger partial charge in [0.25, 0.3) is 5.91 Å². The Morgan fingerprint density at radius 2 is 1.78 bits per heavy atom. The minimum atomic E-state index is -0.866. The lowest BCUT2D eigenvalue weighted by Gasteiger charge is -2.49. The normalized spacial score (nSPS) is 35.6. The van der Waals surface area contributed by atoms with Gasteiger partial charge < -0.3 is 20.4 Å². The van der Waals surface area contributed by atoms with Crippen molar-refractivity contribution in [3.05, 3.63) is 0 Å². The number of rotatable bonds is 1. The van der Waals surface area contributed by atoms with E-state index in [1.54, 1.807) is 19.0 Å². The van der Waals surface area contributed by atoms with E-state index in [-0.39, 0.29) is 18.0 Å². The molecule has 0 aromatic heterocycles. The highest BCUT2D eigenvalue weighted by molar-refractivity contribution is 6.04. The fourth-order valence-electron chi connectivity index (χ4n) is 5.17. The van der Waals surface area contributed by atoms with Crippen LogP contribution in [0.4, 0.5) is 4.79 Å². The number of likely N-dealkylation sites (N-methyl/N-ethyl adjacent to an activating group) is 2. The number of likely N-dealkylation sites (tertiary alicyclic amines) is 1. The molecule has 2 N–H and O–H groups in total. The summed E-state index contributed by atoms with van der Waals surface area (Å²) in [6, 6.07) is -0.326. The van der Waals surface area contributed by atoms with Crippen molar-refractivity contribution in [2.75, 3.05) is 27.2 Å². The van der Waals surface area contributed by atoms with Gasteiger partial charge in [0.05, 0.1) is 0 Å². The third-order valence-corrected chi connectivity index (χ3v) is 6.88. The highest BCUT2D eigenvalue weighted by Crippen LogP contribution is 2.40. The Morgan fingerprint density at radius 3 is 2.44 bits per heavy atom. The molecule has 4 rings (SSSR count). The Labute approximate surface area is 161 Å². The van der Waals surface area contributed by atoms with Gasteiger partial charge in [-0.2, -0.15) is 0 Å². The Balaban J connectivity index is 1.76. The topological polar surface area (TPSA) is 85.5 Å². The quantitative estimate of drug-likeness (QED) is 0.739. The lowest BCUT2D eigenvalue weighted by Crippen LogP contribution is -2.71. The minimum Gasteiger partial charge on any atom is -0.341 e. The fourth-order valence-corrected chi connectivity index (χ4v) is 5.17. The molecule has 3 fully saturated rings. The summed E-state index contributed by atoms with van der Waals surface area (Å²) in [5, 5.41) is 0. The van der Waals surface area contributed by atoms with Crippen molar-refractivity contribution >= 4 is 17.9 Å². The number of carbonyl (C=O) groups excluding carboxylic acids is 2. The van der Waals surface area contributed by atoms with Gasteiger partial charge in [-0.25, -0.2) is 9.79 Å². The standard InChI is InChI=1S/C19H32N6O2/c1-19-15(16(26)22(2)18(27)23(19)3)25(14-9-5-4-6-10-14)17(21-19)24-11-7-8-13(20)12-24/h13-15H,4-12,20H2,1-3H3. The van der Waals surface area contributed by atoms with E-state index in [0.29, 0.717) is 6.04 Å². The Morgan fingerprint density at radius 1 is 1.07 bits per heavy atom. The van der Waals surface area contributed by atoms with E-state index < -0.39 is 11.7 Å². The van der Waals surface area contributed by atoms with Crippen LogP contribution in [0.3, 0.4) is 0 Å². The van der Waals surface area contributed by atoms with Crippen molar-refractivity contribution in [1.29, 1.82) is 0 Å². The zero-order chi connectivity index (χ0) is 19.3. The first-order valence-electron chi connectivity index (χ1n) is 10.3. The van der Waals surface area contributed by atoms with Crippen LogP contribution in [0.15, 0.2) is 4.99 Å². The molecule has 3 unspecified atom stereocenters. The van der Waals surface area contributed by atoms with Crippen molar-refractivity contribution in [2.24, 2.45) is 10.7 Å². The molecule has 27 heavy (non-hydrogen) atoms. The van der Waals surface area contributed by atoms with Crippen molar-refractivity contribution in [1.82, 2.24) is 19.6 Å². The number of imide groups is 1. The average Bonchev–Trinajstić information content (AvgIpc) is 3.00. The third kappa shape index (κ3) is 2.80. The van der Waals surface area contributed by atoms with Crippen LogP contribution >= 0.6 is 0 Å². The monoisotopic (exact) mass is 376 g/mol. The number of carbonyl (C=O) groups is 2. The van der Waals surface area contributed by atoms with Crippen molar-refractivity contribution in [3.8, 4) is 0 Å². The zero-order valence-electron chi connectivity index (χ0n) is 16.7. The SMILES string of the molecule is CN1C(=O)C2N(C3CCCCC3)C(N3CCCC(N)C3)=NC2(C)N(C)C1=O. The molecule has 8 nitrogen and oxygen atoms in total. The highest BCUT2D eigenvalue weighted by atomic mass is 16.2. The highest BCUT2D eigenvalue weighted by Gasteiger charge is 2.60. The second kappa shape index (κ2) is 6.65. The number of fused-ring (bicyclic) bond motifs is 1. The van der Waals surface area contributed by atoms with Crippen molar-refractivity contribution in [3.63, 3.8) is 0 Å². The van der Waals surface area contributed by atoms with Gasteiger partial charge in [-0.05, 0) is 32.6 Å². The summed E-state index contributed by atoms with van der Waals surface area (Å²) in [5.41, 5.74) is 5.37. The van der Waals surface area contributed by atoms with Crippen LogP contribution in [0, 0.1) is 0 Å². The molecule has 1 saturated carbocycles. The molecule has 3 aliphatic heterocycles. The molecule has 3 atom stereocenters. The molecule has 4 aliphatic rings. The van der Waals surface area contributed by atoms with Crippen LogP contribution < -0.4 is 5.73 Å². The second-order valence-electron chi connectivity index (χ2n) is 8.69. The first-order chi connectivity index (χ1) is 12.8. The van der Waals surface area contributed by atoms with E-state index in [0.717, 1.165) is 44.7 Å². The lowest BCUT2D eigenvalue weighted by atomic mass is 9.90. The fraction of sp³-hybridized carbons (Fsp3) is 0.842. The van der Waals surface area contributed by atoms with Crippen LogP contribution in [-0.4, -0.2) is 88.5 Å². The van der Waals surface area contributed by atoms with Gasteiger partial charge >= 0.3 is 6.03 Å². The first kappa shape index (κ1) is 18.5. The summed E-state index contributed by atoms with van der Waals surface area (Å²) in [4.78, 5) is 38.3. The Kier molecular flexibility index (Phi) is 4.56. The van der Waals surface area contributed by atoms with E-state index in [1.807, 2.05) is 6.92 Å². The van der Waals surface area contributed by atoms with Gasteiger partial charge in [0.1, 0.15) is 0 Å². The van der Waals surface area contributed by atoms with Gasteiger partial charge in [-0.15, -0.1) is 0 Å². The average molecular weight is 377 g/mol. The van der Waals surface area contributed by atoms with Gasteiger partial charge in [-0.3, -0.25) is 9.69 Å². The number of aliphatic imine (C=N–C) groups is 1. The predicted molar refractivity (Wildman–Crippen MR) is 103 cm³/mol. The minimum absolute atomic E-state index is 0.128. The smallest absolute Gasteiger partial charge is 0.328 e. The summed E-state index contributed by atoms with van der Waals surface area (Å²) < 4.78 is 0. The molecule has 8 heteroatoms. The van der Waals surface area contributed by atoms with Gasteiger partial charge in [0, 0.05) is 39.3 Å². The maximum absolute atomic E-state index is 13.2. The van der Waals surface area contributed by atoms with E-state index >= 15 is 0 Å². The van der Waals surface area contributed by atoms with Crippen molar-refractivity contribution < 1.29 is 9.59 Å². The molecule has 0 bridgehead atoms. The van der Waals surface area contributed by atoms with Gasteiger partial charge in [0.15, 0.2) is 17.7 Å². The van der Waals surface area contributed by atoms with E-state index in [2.05, 4.69) is 9.80 Å². The van der Waals surface area contributed by atoms with E-state index in [1.165, 1.54) is 24.2 Å². The van der Waals surface area contributed by atoms with Crippen LogP contribution in [-0.2, 0) is 4.79 Å². The van der Waals surface area contributed by atoms with Gasteiger partial charge in [0.2, 0.25) is 0 Å². The largest absolute Gasteiger partial charge is 0.341 e. The van der Waals surface area contributed by atoms with Crippen LogP contribution in [0.1, 0.15) is 51.9 Å².